The van der Waals surface area contributed by atoms with E-state index in [9.17, 15) is 10.2 Å². The SMILES string of the molecule is C[C@H](COc1ccc([C@@H]2Oc3ccc(O)cc3S[C@@H]2c2ccc(O)cc2)cc1)N1CCCC1. The number of phenols is 2. The maximum Gasteiger partial charge on any atom is 0.140 e. The topological polar surface area (TPSA) is 62.2 Å². The van der Waals surface area contributed by atoms with Crippen LogP contribution in [0.25, 0.3) is 0 Å². The number of aromatic hydroxyl groups is 2. The fourth-order valence-corrected chi connectivity index (χ4v) is 5.82. The maximum absolute atomic E-state index is 9.93. The molecule has 3 aromatic rings. The van der Waals surface area contributed by atoms with Crippen LogP contribution in [0.4, 0.5) is 0 Å². The zero-order chi connectivity index (χ0) is 22.8. The highest BCUT2D eigenvalue weighted by molar-refractivity contribution is 7.99. The second kappa shape index (κ2) is 9.57. The van der Waals surface area contributed by atoms with E-state index in [2.05, 4.69) is 24.0 Å². The normalized spacial score (nSPS) is 21.2. The third kappa shape index (κ3) is 4.92. The third-order valence-corrected chi connectivity index (χ3v) is 7.74. The van der Waals surface area contributed by atoms with Gasteiger partial charge in [0.1, 0.15) is 35.7 Å². The van der Waals surface area contributed by atoms with Gasteiger partial charge in [0.2, 0.25) is 0 Å². The Bertz CT molecular complexity index is 1080. The first kappa shape index (κ1) is 22.0. The highest BCUT2D eigenvalue weighted by Gasteiger charge is 2.33. The molecule has 2 aliphatic heterocycles. The van der Waals surface area contributed by atoms with E-state index >= 15 is 0 Å². The average molecular weight is 464 g/mol. The molecule has 5 nitrogen and oxygen atoms in total. The highest BCUT2D eigenvalue weighted by atomic mass is 32.2. The Hall–Kier alpha value is -2.83. The summed E-state index contributed by atoms with van der Waals surface area (Å²) in [5, 5.41) is 19.6. The van der Waals surface area contributed by atoms with Gasteiger partial charge in [-0.25, -0.2) is 0 Å². The van der Waals surface area contributed by atoms with Crippen LogP contribution >= 0.6 is 11.8 Å². The fraction of sp³-hybridized carbons (Fsp3) is 0.333. The minimum absolute atomic E-state index is 0.0261. The summed E-state index contributed by atoms with van der Waals surface area (Å²) in [5.74, 6) is 2.08. The van der Waals surface area contributed by atoms with Gasteiger partial charge in [-0.05, 0) is 86.4 Å². The lowest BCUT2D eigenvalue weighted by Crippen LogP contribution is -2.34. The lowest BCUT2D eigenvalue weighted by atomic mass is 10.00. The smallest absolute Gasteiger partial charge is 0.140 e. The molecule has 0 amide bonds. The molecule has 0 bridgehead atoms. The number of likely N-dealkylation sites (tertiary alicyclic amines) is 1. The van der Waals surface area contributed by atoms with Crippen molar-refractivity contribution in [1.82, 2.24) is 4.90 Å². The van der Waals surface area contributed by atoms with Gasteiger partial charge in [-0.2, -0.15) is 0 Å². The molecule has 0 aliphatic carbocycles. The van der Waals surface area contributed by atoms with E-state index < -0.39 is 0 Å². The van der Waals surface area contributed by atoms with Crippen LogP contribution in [0.5, 0.6) is 23.0 Å². The molecule has 0 radical (unpaired) electrons. The van der Waals surface area contributed by atoms with Crippen LogP contribution in [-0.2, 0) is 0 Å². The van der Waals surface area contributed by atoms with Crippen LogP contribution in [0.2, 0.25) is 0 Å². The molecule has 2 heterocycles. The molecule has 0 saturated carbocycles. The molecular weight excluding hydrogens is 434 g/mol. The van der Waals surface area contributed by atoms with E-state index in [0.717, 1.165) is 40.6 Å². The fourth-order valence-electron chi connectivity index (χ4n) is 4.49. The summed E-state index contributed by atoms with van der Waals surface area (Å²) in [7, 11) is 0. The minimum atomic E-state index is -0.214. The second-order valence-corrected chi connectivity index (χ2v) is 9.96. The Labute approximate surface area is 199 Å². The van der Waals surface area contributed by atoms with Crippen molar-refractivity contribution in [2.45, 2.75) is 42.1 Å². The second-order valence-electron chi connectivity index (χ2n) is 8.77. The van der Waals surface area contributed by atoms with Crippen molar-refractivity contribution >= 4 is 11.8 Å². The Kier molecular flexibility index (Phi) is 6.38. The van der Waals surface area contributed by atoms with Gasteiger partial charge in [0.05, 0.1) is 10.1 Å². The number of ether oxygens (including phenoxy) is 2. The zero-order valence-corrected chi connectivity index (χ0v) is 19.5. The molecule has 0 aromatic heterocycles. The molecule has 1 saturated heterocycles. The van der Waals surface area contributed by atoms with Crippen LogP contribution in [0, 0.1) is 0 Å². The van der Waals surface area contributed by atoms with Gasteiger partial charge in [-0.15, -0.1) is 11.8 Å². The highest BCUT2D eigenvalue weighted by Crippen LogP contribution is 2.54. The van der Waals surface area contributed by atoms with Gasteiger partial charge in [0.15, 0.2) is 0 Å². The summed E-state index contributed by atoms with van der Waals surface area (Å²) < 4.78 is 12.5. The summed E-state index contributed by atoms with van der Waals surface area (Å²) in [6, 6.07) is 21.0. The number of thioether (sulfide) groups is 1. The predicted octanol–water partition coefficient (Wildman–Crippen LogP) is 5.93. The number of hydrogen-bond acceptors (Lipinski definition) is 6. The lowest BCUT2D eigenvalue weighted by Gasteiger charge is -2.34. The monoisotopic (exact) mass is 463 g/mol. The van der Waals surface area contributed by atoms with Crippen molar-refractivity contribution in [2.75, 3.05) is 19.7 Å². The molecule has 33 heavy (non-hydrogen) atoms. The van der Waals surface area contributed by atoms with Crippen molar-refractivity contribution in [2.24, 2.45) is 0 Å². The Balaban J connectivity index is 1.35. The summed E-state index contributed by atoms with van der Waals surface area (Å²) in [4.78, 5) is 3.39. The summed E-state index contributed by atoms with van der Waals surface area (Å²) in [6.07, 6.45) is 2.35. The summed E-state index contributed by atoms with van der Waals surface area (Å²) >= 11 is 1.66. The van der Waals surface area contributed by atoms with Gasteiger partial charge in [0.25, 0.3) is 0 Å². The van der Waals surface area contributed by atoms with E-state index in [4.69, 9.17) is 9.47 Å². The van der Waals surface area contributed by atoms with Crippen molar-refractivity contribution in [3.05, 3.63) is 77.9 Å². The van der Waals surface area contributed by atoms with E-state index in [1.54, 1.807) is 36.0 Å². The van der Waals surface area contributed by atoms with Gasteiger partial charge in [-0.1, -0.05) is 24.3 Å². The quantitative estimate of drug-likeness (QED) is 0.473. The first-order chi connectivity index (χ1) is 16.1. The van der Waals surface area contributed by atoms with E-state index in [1.165, 1.54) is 12.8 Å². The number of phenolic OH excluding ortho intramolecular Hbond substituents is 2. The first-order valence-electron chi connectivity index (χ1n) is 11.5. The molecule has 3 atom stereocenters. The van der Waals surface area contributed by atoms with Crippen LogP contribution in [0.1, 0.15) is 42.2 Å². The molecular formula is C27H29NO4S. The van der Waals surface area contributed by atoms with Gasteiger partial charge < -0.3 is 19.7 Å². The molecule has 3 aromatic carbocycles. The molecule has 5 rings (SSSR count). The van der Waals surface area contributed by atoms with Crippen molar-refractivity contribution in [1.29, 1.82) is 0 Å². The Morgan fingerprint density at radius 2 is 1.61 bits per heavy atom. The maximum atomic E-state index is 9.93. The van der Waals surface area contributed by atoms with Gasteiger partial charge >= 0.3 is 0 Å². The lowest BCUT2D eigenvalue weighted by molar-refractivity contribution is 0.172. The van der Waals surface area contributed by atoms with Crippen LogP contribution in [-0.4, -0.2) is 40.9 Å². The number of nitrogens with zero attached hydrogens (tertiary/aromatic N) is 1. The number of benzene rings is 3. The molecule has 0 spiro atoms. The molecule has 2 N–H and O–H groups in total. The predicted molar refractivity (Wildman–Crippen MR) is 130 cm³/mol. The van der Waals surface area contributed by atoms with Crippen molar-refractivity contribution < 1.29 is 19.7 Å². The molecule has 0 unspecified atom stereocenters. The standard InChI is InChI=1S/C27H29NO4S/c1-18(28-14-2-3-15-28)17-31-23-11-6-19(7-12-23)26-27(20-4-8-21(29)9-5-20)33-25-16-22(30)10-13-24(25)32-26/h4-13,16,18,26-27,29-30H,2-3,14-15,17H2,1H3/t18-,26+,27-/m1/s1. The van der Waals surface area contributed by atoms with E-state index in [0.29, 0.717) is 12.6 Å². The van der Waals surface area contributed by atoms with E-state index in [1.807, 2.05) is 30.3 Å². The van der Waals surface area contributed by atoms with Crippen molar-refractivity contribution in [3.63, 3.8) is 0 Å². The first-order valence-corrected chi connectivity index (χ1v) is 12.4. The number of hydrogen-bond donors (Lipinski definition) is 2. The minimum Gasteiger partial charge on any atom is -0.508 e. The van der Waals surface area contributed by atoms with Crippen LogP contribution in [0.15, 0.2) is 71.6 Å². The van der Waals surface area contributed by atoms with Gasteiger partial charge in [-0.3, -0.25) is 4.90 Å². The summed E-state index contributed by atoms with van der Waals surface area (Å²) in [5.41, 5.74) is 2.11. The molecule has 1 fully saturated rings. The zero-order valence-electron chi connectivity index (χ0n) is 18.7. The van der Waals surface area contributed by atoms with Crippen molar-refractivity contribution in [3.8, 4) is 23.0 Å². The Morgan fingerprint density at radius 3 is 2.33 bits per heavy atom. The Morgan fingerprint density at radius 1 is 0.939 bits per heavy atom. The molecule has 6 heteroatoms. The van der Waals surface area contributed by atoms with Crippen LogP contribution in [0.3, 0.4) is 0 Å². The molecule has 172 valence electrons. The van der Waals surface area contributed by atoms with E-state index in [-0.39, 0.29) is 22.9 Å². The summed E-state index contributed by atoms with van der Waals surface area (Å²) in [6.45, 7) is 5.24. The molecule has 2 aliphatic rings. The number of rotatable bonds is 6. The third-order valence-electron chi connectivity index (χ3n) is 6.40. The number of fused-ring (bicyclic) bond motifs is 1. The largest absolute Gasteiger partial charge is 0.508 e. The average Bonchev–Trinajstić information content (AvgIpc) is 3.38. The van der Waals surface area contributed by atoms with Crippen LogP contribution < -0.4 is 9.47 Å². The van der Waals surface area contributed by atoms with Gasteiger partial charge in [0, 0.05) is 6.04 Å².